The predicted molar refractivity (Wildman–Crippen MR) is 57.7 cm³/mol. The number of hydrogen-bond donors (Lipinski definition) is 1. The fourth-order valence-electron chi connectivity index (χ4n) is 2.25. The van der Waals surface area contributed by atoms with Crippen LogP contribution in [0.1, 0.15) is 25.7 Å². The van der Waals surface area contributed by atoms with E-state index in [2.05, 4.69) is 5.32 Å². The topological polar surface area (TPSA) is 41.6 Å². The van der Waals surface area contributed by atoms with Gasteiger partial charge in [0.15, 0.2) is 0 Å². The van der Waals surface area contributed by atoms with E-state index in [-0.39, 0.29) is 5.91 Å². The first-order valence-electron chi connectivity index (χ1n) is 5.95. The van der Waals surface area contributed by atoms with Gasteiger partial charge in [0.1, 0.15) is 0 Å². The number of morpholine rings is 1. The Bertz CT molecular complexity index is 209. The summed E-state index contributed by atoms with van der Waals surface area (Å²) in [4.78, 5) is 13.8. The van der Waals surface area contributed by atoms with Crippen LogP contribution in [-0.4, -0.2) is 49.7 Å². The van der Waals surface area contributed by atoms with E-state index in [4.69, 9.17) is 4.74 Å². The fourth-order valence-corrected chi connectivity index (χ4v) is 2.25. The van der Waals surface area contributed by atoms with Crippen LogP contribution in [0.4, 0.5) is 0 Å². The Labute approximate surface area is 91.0 Å². The van der Waals surface area contributed by atoms with Crippen LogP contribution in [0.25, 0.3) is 0 Å². The third-order valence-electron chi connectivity index (χ3n) is 3.20. The molecule has 2 aliphatic heterocycles. The van der Waals surface area contributed by atoms with Gasteiger partial charge >= 0.3 is 0 Å². The van der Waals surface area contributed by atoms with Crippen LogP contribution in [-0.2, 0) is 9.53 Å². The van der Waals surface area contributed by atoms with E-state index in [0.29, 0.717) is 25.7 Å². The van der Waals surface area contributed by atoms with E-state index in [1.807, 2.05) is 4.90 Å². The summed E-state index contributed by atoms with van der Waals surface area (Å²) in [5.74, 6) is 0.290. The highest BCUT2D eigenvalue weighted by Crippen LogP contribution is 2.12. The monoisotopic (exact) mass is 212 g/mol. The van der Waals surface area contributed by atoms with Crippen LogP contribution in [0.15, 0.2) is 0 Å². The zero-order chi connectivity index (χ0) is 10.5. The Morgan fingerprint density at radius 3 is 2.80 bits per heavy atom. The molecule has 0 saturated carbocycles. The SMILES string of the molecule is O=C(CC1CCCCN1)N1CCOCC1. The largest absolute Gasteiger partial charge is 0.378 e. The maximum atomic E-state index is 11.9. The molecule has 4 nitrogen and oxygen atoms in total. The minimum Gasteiger partial charge on any atom is -0.378 e. The minimum absolute atomic E-state index is 0.290. The number of carbonyl (C=O) groups is 1. The molecule has 86 valence electrons. The highest BCUT2D eigenvalue weighted by atomic mass is 16.5. The molecular formula is C11H20N2O2. The lowest BCUT2D eigenvalue weighted by Crippen LogP contribution is -2.44. The summed E-state index contributed by atoms with van der Waals surface area (Å²) in [6.07, 6.45) is 4.33. The predicted octanol–water partition coefficient (Wildman–Crippen LogP) is 0.377. The van der Waals surface area contributed by atoms with Gasteiger partial charge < -0.3 is 15.0 Å². The van der Waals surface area contributed by atoms with Crippen molar-refractivity contribution in [2.75, 3.05) is 32.8 Å². The number of ether oxygens (including phenoxy) is 1. The van der Waals surface area contributed by atoms with Crippen molar-refractivity contribution in [3.8, 4) is 0 Å². The Kier molecular flexibility index (Phi) is 3.97. The maximum Gasteiger partial charge on any atom is 0.224 e. The number of piperidine rings is 1. The van der Waals surface area contributed by atoms with Gasteiger partial charge in [0.25, 0.3) is 0 Å². The molecule has 2 fully saturated rings. The summed E-state index contributed by atoms with van der Waals surface area (Å²) < 4.78 is 5.23. The van der Waals surface area contributed by atoms with Gasteiger partial charge in [-0.05, 0) is 19.4 Å². The van der Waals surface area contributed by atoms with E-state index >= 15 is 0 Å². The molecule has 1 atom stereocenters. The highest BCUT2D eigenvalue weighted by Gasteiger charge is 2.21. The molecule has 1 unspecified atom stereocenters. The van der Waals surface area contributed by atoms with Crippen LogP contribution in [0.2, 0.25) is 0 Å². The molecular weight excluding hydrogens is 192 g/mol. The van der Waals surface area contributed by atoms with E-state index in [1.54, 1.807) is 0 Å². The van der Waals surface area contributed by atoms with Gasteiger partial charge in [-0.3, -0.25) is 4.79 Å². The Morgan fingerprint density at radius 1 is 1.33 bits per heavy atom. The van der Waals surface area contributed by atoms with Crippen molar-refractivity contribution in [2.45, 2.75) is 31.7 Å². The van der Waals surface area contributed by atoms with Gasteiger partial charge in [-0.25, -0.2) is 0 Å². The van der Waals surface area contributed by atoms with Gasteiger partial charge in [0.05, 0.1) is 13.2 Å². The summed E-state index contributed by atoms with van der Waals surface area (Å²) in [6.45, 7) is 4.01. The van der Waals surface area contributed by atoms with Gasteiger partial charge in [0.2, 0.25) is 5.91 Å². The lowest BCUT2D eigenvalue weighted by Gasteiger charge is -2.30. The summed E-state index contributed by atoms with van der Waals surface area (Å²) in [5.41, 5.74) is 0. The molecule has 4 heteroatoms. The first-order chi connectivity index (χ1) is 7.36. The number of carbonyl (C=O) groups excluding carboxylic acids is 1. The van der Waals surface area contributed by atoms with Crippen molar-refractivity contribution >= 4 is 5.91 Å². The quantitative estimate of drug-likeness (QED) is 0.719. The molecule has 0 spiro atoms. The molecule has 0 aromatic heterocycles. The van der Waals surface area contributed by atoms with E-state index in [9.17, 15) is 4.79 Å². The summed E-state index contributed by atoms with van der Waals surface area (Å²) in [5, 5.41) is 3.41. The average molecular weight is 212 g/mol. The molecule has 2 aliphatic rings. The van der Waals surface area contributed by atoms with Crippen LogP contribution in [0.5, 0.6) is 0 Å². The second-order valence-electron chi connectivity index (χ2n) is 4.34. The van der Waals surface area contributed by atoms with E-state index < -0.39 is 0 Å². The smallest absolute Gasteiger partial charge is 0.224 e. The molecule has 1 N–H and O–H groups in total. The maximum absolute atomic E-state index is 11.9. The van der Waals surface area contributed by atoms with Crippen LogP contribution < -0.4 is 5.32 Å². The first-order valence-corrected chi connectivity index (χ1v) is 5.95. The van der Waals surface area contributed by atoms with Crippen molar-refractivity contribution in [1.29, 1.82) is 0 Å². The highest BCUT2D eigenvalue weighted by molar-refractivity contribution is 5.76. The lowest BCUT2D eigenvalue weighted by molar-refractivity contribution is -0.135. The normalized spacial score (nSPS) is 27.7. The third-order valence-corrected chi connectivity index (χ3v) is 3.20. The minimum atomic E-state index is 0.290. The molecule has 0 aromatic rings. The Morgan fingerprint density at radius 2 is 2.13 bits per heavy atom. The van der Waals surface area contributed by atoms with Crippen LogP contribution in [0.3, 0.4) is 0 Å². The fraction of sp³-hybridized carbons (Fsp3) is 0.909. The molecule has 0 aliphatic carbocycles. The van der Waals surface area contributed by atoms with Crippen molar-refractivity contribution in [1.82, 2.24) is 10.2 Å². The number of nitrogens with one attached hydrogen (secondary N) is 1. The number of amides is 1. The first kappa shape index (κ1) is 10.9. The summed E-state index contributed by atoms with van der Waals surface area (Å²) in [7, 11) is 0. The zero-order valence-corrected chi connectivity index (χ0v) is 9.21. The van der Waals surface area contributed by atoms with Gasteiger partial charge in [0, 0.05) is 25.6 Å². The van der Waals surface area contributed by atoms with Crippen molar-refractivity contribution in [2.24, 2.45) is 0 Å². The third kappa shape index (κ3) is 3.18. The molecule has 2 saturated heterocycles. The van der Waals surface area contributed by atoms with E-state index in [0.717, 1.165) is 26.1 Å². The van der Waals surface area contributed by atoms with Crippen LogP contribution >= 0.6 is 0 Å². The second kappa shape index (κ2) is 5.47. The van der Waals surface area contributed by atoms with Crippen LogP contribution in [0, 0.1) is 0 Å². The molecule has 0 aromatic carbocycles. The number of nitrogens with zero attached hydrogens (tertiary/aromatic N) is 1. The lowest BCUT2D eigenvalue weighted by atomic mass is 10.0. The van der Waals surface area contributed by atoms with Gasteiger partial charge in [-0.1, -0.05) is 6.42 Å². The number of hydrogen-bond acceptors (Lipinski definition) is 3. The zero-order valence-electron chi connectivity index (χ0n) is 9.21. The number of rotatable bonds is 2. The molecule has 0 radical (unpaired) electrons. The van der Waals surface area contributed by atoms with Gasteiger partial charge in [-0.2, -0.15) is 0 Å². The average Bonchev–Trinajstić information content (AvgIpc) is 2.31. The van der Waals surface area contributed by atoms with E-state index in [1.165, 1.54) is 12.8 Å². The molecule has 2 heterocycles. The molecule has 0 bridgehead atoms. The Balaban J connectivity index is 1.74. The van der Waals surface area contributed by atoms with Crippen molar-refractivity contribution in [3.05, 3.63) is 0 Å². The van der Waals surface area contributed by atoms with Crippen molar-refractivity contribution in [3.63, 3.8) is 0 Å². The van der Waals surface area contributed by atoms with Gasteiger partial charge in [-0.15, -0.1) is 0 Å². The molecule has 15 heavy (non-hydrogen) atoms. The molecule has 2 rings (SSSR count). The molecule has 1 amide bonds. The summed E-state index contributed by atoms with van der Waals surface area (Å²) in [6, 6.07) is 0.411. The Hall–Kier alpha value is -0.610. The standard InChI is InChI=1S/C11H20N2O2/c14-11(13-5-7-15-8-6-13)9-10-3-1-2-4-12-10/h10,12H,1-9H2. The van der Waals surface area contributed by atoms with Crippen molar-refractivity contribution < 1.29 is 9.53 Å². The summed E-state index contributed by atoms with van der Waals surface area (Å²) >= 11 is 0. The second-order valence-corrected chi connectivity index (χ2v) is 4.34.